The van der Waals surface area contributed by atoms with Crippen LogP contribution in [-0.2, 0) is 40.6 Å². The molecular weight excluding hydrogens is 669 g/mol. The first kappa shape index (κ1) is 27.2. The summed E-state index contributed by atoms with van der Waals surface area (Å²) in [7, 11) is 0. The van der Waals surface area contributed by atoms with Gasteiger partial charge in [-0.3, -0.25) is 4.79 Å². The summed E-state index contributed by atoms with van der Waals surface area (Å²) in [5, 5.41) is 27.5. The van der Waals surface area contributed by atoms with Gasteiger partial charge >= 0.3 is 5.97 Å². The second-order valence-electron chi connectivity index (χ2n) is 18.9. The lowest BCUT2D eigenvalue weighted by Gasteiger charge is -2.46. The van der Waals surface area contributed by atoms with E-state index >= 15 is 0 Å². The Hall–Kier alpha value is -5.47. The summed E-state index contributed by atoms with van der Waals surface area (Å²) >= 11 is 0. The number of hydrogen-bond donors (Lipinski definition) is 0. The van der Waals surface area contributed by atoms with E-state index in [2.05, 4.69) is 60.7 Å². The van der Waals surface area contributed by atoms with Crippen molar-refractivity contribution in [2.45, 2.75) is 75.5 Å². The molecule has 0 saturated carbocycles. The van der Waals surface area contributed by atoms with Crippen LogP contribution in [0.1, 0.15) is 100 Å². The van der Waals surface area contributed by atoms with Gasteiger partial charge in [-0.25, -0.2) is 0 Å². The number of ether oxygens (including phenoxy) is 1. The average Bonchev–Trinajstić information content (AvgIpc) is 3.99. The number of carbonyl (C=O) groups excluding carboxylic acids is 1. The lowest BCUT2D eigenvalue weighted by atomic mass is 9.57. The number of hydrogen-bond acceptors (Lipinski definition) is 2. The number of fused-ring (bicyclic) bond motifs is 2. The first-order valence-electron chi connectivity index (χ1n) is 21.1. The Labute approximate surface area is 315 Å². The lowest BCUT2D eigenvalue weighted by molar-refractivity contribution is -0.143. The summed E-state index contributed by atoms with van der Waals surface area (Å²) in [6.07, 6.45) is 13.0. The van der Waals surface area contributed by atoms with E-state index in [4.69, 9.17) is 4.74 Å². The van der Waals surface area contributed by atoms with E-state index in [0.29, 0.717) is 30.8 Å². The average molecular weight is 703 g/mol. The Morgan fingerprint density at radius 1 is 0.709 bits per heavy atom. The molecule has 0 aromatic heterocycles. The van der Waals surface area contributed by atoms with Crippen molar-refractivity contribution in [2.24, 2.45) is 5.92 Å². The van der Waals surface area contributed by atoms with Crippen LogP contribution in [0.2, 0.25) is 0 Å². The summed E-state index contributed by atoms with van der Waals surface area (Å²) in [6.45, 7) is 2.37. The van der Waals surface area contributed by atoms with Crippen LogP contribution in [0.15, 0.2) is 54.6 Å². The molecule has 0 N–H and O–H groups in total. The predicted molar refractivity (Wildman–Crippen MR) is 224 cm³/mol. The molecule has 0 saturated heterocycles. The van der Waals surface area contributed by atoms with Crippen LogP contribution >= 0.6 is 0 Å². The summed E-state index contributed by atoms with van der Waals surface area (Å²) in [5.74, 6) is 1.24. The van der Waals surface area contributed by atoms with Crippen LogP contribution in [0, 0.1) is 5.92 Å². The third-order valence-electron chi connectivity index (χ3n) is 17.1. The largest absolute Gasteiger partial charge is 0.466 e. The molecule has 2 heteroatoms. The van der Waals surface area contributed by atoms with E-state index in [9.17, 15) is 4.79 Å². The molecule has 258 valence electrons. The monoisotopic (exact) mass is 702 g/mol. The maximum absolute atomic E-state index is 12.9. The molecule has 0 aliphatic heterocycles. The molecule has 55 heavy (non-hydrogen) atoms. The van der Waals surface area contributed by atoms with Crippen molar-refractivity contribution in [3.8, 4) is 0 Å². The quantitative estimate of drug-likeness (QED) is 0.127. The Morgan fingerprint density at radius 3 is 2.29 bits per heavy atom. The molecule has 10 aromatic carbocycles. The van der Waals surface area contributed by atoms with E-state index in [1.165, 1.54) is 10.8 Å². The number of benzene rings is 7. The molecule has 2 nitrogen and oxygen atoms in total. The Balaban J connectivity index is 1.14. The predicted octanol–water partition coefficient (Wildman–Crippen LogP) is 11.4. The van der Waals surface area contributed by atoms with Crippen LogP contribution < -0.4 is 5.22 Å². The van der Waals surface area contributed by atoms with Crippen molar-refractivity contribution in [3.05, 3.63) is 115 Å². The summed E-state index contributed by atoms with van der Waals surface area (Å²) in [6, 6.07) is 19.6. The molecule has 7 aliphatic rings. The fourth-order valence-corrected chi connectivity index (χ4v) is 15.8. The molecule has 2 bridgehead atoms. The van der Waals surface area contributed by atoms with E-state index in [-0.39, 0.29) is 11.4 Å². The minimum absolute atomic E-state index is 0.0610. The molecule has 7 aliphatic carbocycles. The van der Waals surface area contributed by atoms with Gasteiger partial charge in [0.2, 0.25) is 0 Å². The molecule has 4 unspecified atom stereocenters. The Kier molecular flexibility index (Phi) is 3.99. The molecule has 0 fully saturated rings. The zero-order valence-electron chi connectivity index (χ0n) is 30.7. The van der Waals surface area contributed by atoms with Crippen molar-refractivity contribution < 1.29 is 9.53 Å². The minimum Gasteiger partial charge on any atom is -0.466 e. The van der Waals surface area contributed by atoms with E-state index in [0.717, 1.165) is 44.9 Å². The number of allylic oxidation sites excluding steroid dienone is 2. The first-order valence-corrected chi connectivity index (χ1v) is 21.1. The highest BCUT2D eigenvalue weighted by atomic mass is 16.5. The van der Waals surface area contributed by atoms with Crippen molar-refractivity contribution in [1.82, 2.24) is 0 Å². The second kappa shape index (κ2) is 8.07. The van der Waals surface area contributed by atoms with Crippen molar-refractivity contribution in [3.63, 3.8) is 0 Å². The van der Waals surface area contributed by atoms with Crippen molar-refractivity contribution in [1.29, 1.82) is 0 Å². The van der Waals surface area contributed by atoms with Crippen LogP contribution in [0.3, 0.4) is 0 Å². The molecule has 0 radical (unpaired) electrons. The molecule has 0 heterocycles. The Morgan fingerprint density at radius 2 is 1.42 bits per heavy atom. The van der Waals surface area contributed by atoms with Gasteiger partial charge in [-0.05, 0) is 216 Å². The summed E-state index contributed by atoms with van der Waals surface area (Å²) in [5.41, 5.74) is 17.4. The van der Waals surface area contributed by atoms with Gasteiger partial charge in [0, 0.05) is 17.8 Å². The third kappa shape index (κ3) is 2.46. The minimum atomic E-state index is -0.147. The number of esters is 1. The normalized spacial score (nSPS) is 24.2. The highest BCUT2D eigenvalue weighted by molar-refractivity contribution is 6.59. The standard InChI is InChI=1S/C53H34O2/c1-2-55-32(54)9-6-11-53(28-7-4-3-5-8-28)12-10-21-13-22-14-23-15-24-16-26-17-25-18-27-19-29-31(53)20-30-33(21)42-38(22)43-34(23)35(24)44-39(26)45-36(25)37(27)46-40(29)41(30)47-48(42)49(43)50(44)51(45)52(46)47/h3-5,7-8,10,14,16,18-19,25,31,36H,2,6,9,11-13,15,17,20H2,1H3. The van der Waals surface area contributed by atoms with E-state index < -0.39 is 0 Å². The maximum Gasteiger partial charge on any atom is 0.305 e. The van der Waals surface area contributed by atoms with Gasteiger partial charge in [-0.1, -0.05) is 60.7 Å². The molecule has 17 rings (SSSR count). The van der Waals surface area contributed by atoms with Crippen molar-refractivity contribution >= 4 is 104 Å². The fourth-order valence-electron chi connectivity index (χ4n) is 15.8. The molecule has 4 atom stereocenters. The highest BCUT2D eigenvalue weighted by Gasteiger charge is 2.51. The topological polar surface area (TPSA) is 26.3 Å². The molecule has 0 spiro atoms. The summed E-state index contributed by atoms with van der Waals surface area (Å²) < 4.78 is 5.51. The molecular formula is C53H34O2. The number of rotatable bonds is 6. The van der Waals surface area contributed by atoms with Crippen LogP contribution in [0.5, 0.6) is 0 Å². The van der Waals surface area contributed by atoms with Crippen LogP contribution in [0.4, 0.5) is 0 Å². The van der Waals surface area contributed by atoms with Crippen LogP contribution in [-0.4, -0.2) is 12.6 Å². The van der Waals surface area contributed by atoms with Gasteiger partial charge in [0.15, 0.2) is 0 Å². The first-order chi connectivity index (χ1) is 27.1. The van der Waals surface area contributed by atoms with E-state index in [1.54, 1.807) is 142 Å². The SMILES string of the molecule is CCOC(=O)CCCC1(c2ccccc2)CC=C2Cc3cc4c5c6c(cc7c8c9c%10c%11c%12c%13c(cc%14c%12c%12c(c2c2c3c5c(c%10c86)c2c%12%11)CC%141)=CC(C7)C%139)C4. The van der Waals surface area contributed by atoms with Gasteiger partial charge in [-0.15, -0.1) is 0 Å². The van der Waals surface area contributed by atoms with Crippen LogP contribution in [0.25, 0.3) is 97.8 Å². The lowest BCUT2D eigenvalue weighted by Crippen LogP contribution is -2.38. The molecule has 10 aromatic rings. The van der Waals surface area contributed by atoms with Gasteiger partial charge in [0.1, 0.15) is 0 Å². The zero-order chi connectivity index (χ0) is 35.1. The number of carbonyl (C=O) groups is 1. The maximum atomic E-state index is 12.9. The van der Waals surface area contributed by atoms with Crippen molar-refractivity contribution in [2.75, 3.05) is 6.61 Å². The second-order valence-corrected chi connectivity index (χ2v) is 18.9. The van der Waals surface area contributed by atoms with Gasteiger partial charge in [0.05, 0.1) is 6.61 Å². The zero-order valence-corrected chi connectivity index (χ0v) is 30.7. The van der Waals surface area contributed by atoms with Gasteiger partial charge in [0.25, 0.3) is 0 Å². The van der Waals surface area contributed by atoms with Gasteiger partial charge in [-0.2, -0.15) is 0 Å². The van der Waals surface area contributed by atoms with Gasteiger partial charge < -0.3 is 4.74 Å². The summed E-state index contributed by atoms with van der Waals surface area (Å²) in [4.78, 5) is 12.9. The molecule has 0 amide bonds. The smallest absolute Gasteiger partial charge is 0.305 e. The Bertz CT molecular complexity index is 3690. The van der Waals surface area contributed by atoms with E-state index in [1.807, 2.05) is 6.92 Å². The highest BCUT2D eigenvalue weighted by Crippen LogP contribution is 2.70. The fraction of sp³-hybridized carbons (Fsp3) is 0.264. The third-order valence-corrected chi connectivity index (χ3v) is 17.1.